The summed E-state index contributed by atoms with van der Waals surface area (Å²) in [6.45, 7) is 0. The topological polar surface area (TPSA) is 130 Å². The van der Waals surface area contributed by atoms with Crippen LogP contribution >= 0.6 is 0 Å². The van der Waals surface area contributed by atoms with Gasteiger partial charge in [-0.25, -0.2) is 0 Å². The highest BCUT2D eigenvalue weighted by Crippen LogP contribution is 1.92. The van der Waals surface area contributed by atoms with Gasteiger partial charge in [-0.1, -0.05) is 0 Å². The molecule has 2 aromatic rings. The van der Waals surface area contributed by atoms with Gasteiger partial charge in [0, 0.05) is 38.6 Å². The maximum Gasteiger partial charge on any atom is 0.250 e. The lowest BCUT2D eigenvalue weighted by Crippen LogP contribution is -2.19. The fourth-order valence-electron chi connectivity index (χ4n) is 1.48. The van der Waals surface area contributed by atoms with Gasteiger partial charge in [-0.15, -0.1) is 0 Å². The number of rotatable bonds is 2. The van der Waals surface area contributed by atoms with Crippen molar-refractivity contribution in [2.75, 3.05) is 0 Å². The molecule has 0 unspecified atom stereocenters. The van der Waals surface area contributed by atoms with Crippen LogP contribution in [0.25, 0.3) is 0 Å². The third-order valence-corrected chi connectivity index (χ3v) is 2.74. The molecule has 2 rings (SSSR count). The number of aromatic nitrogens is 2. The Morgan fingerprint density at radius 2 is 1.09 bits per heavy atom. The zero-order chi connectivity index (χ0) is 16.9. The summed E-state index contributed by atoms with van der Waals surface area (Å²) in [6, 6.07) is 5.43. The molecule has 116 valence electrons. The normalized spacial score (nSPS) is 9.55. The summed E-state index contributed by atoms with van der Waals surface area (Å²) in [4.78, 5) is 42.8. The van der Waals surface area contributed by atoms with E-state index in [4.69, 9.17) is 11.5 Å². The average molecular weight is 304 g/mol. The van der Waals surface area contributed by atoms with Crippen molar-refractivity contribution < 1.29 is 9.59 Å². The molecule has 22 heavy (non-hydrogen) atoms. The van der Waals surface area contributed by atoms with Crippen LogP contribution in [0.5, 0.6) is 0 Å². The highest BCUT2D eigenvalue weighted by Gasteiger charge is 2.00. The molecule has 0 aliphatic heterocycles. The molecular weight excluding hydrogens is 288 g/mol. The molecule has 0 bridgehead atoms. The van der Waals surface area contributed by atoms with E-state index in [1.165, 1.54) is 45.8 Å². The minimum atomic E-state index is -0.527. The van der Waals surface area contributed by atoms with E-state index in [0.717, 1.165) is 0 Å². The molecule has 0 saturated heterocycles. The third kappa shape index (κ3) is 4.44. The van der Waals surface area contributed by atoms with E-state index in [-0.39, 0.29) is 11.1 Å². The second-order valence-corrected chi connectivity index (χ2v) is 4.46. The Morgan fingerprint density at radius 3 is 1.32 bits per heavy atom. The number of hydrogen-bond donors (Lipinski definition) is 2. The highest BCUT2D eigenvalue weighted by molar-refractivity contribution is 5.92. The molecule has 8 heteroatoms. The van der Waals surface area contributed by atoms with Crippen molar-refractivity contribution in [2.24, 2.45) is 25.6 Å². The molecule has 2 aromatic heterocycles. The van der Waals surface area contributed by atoms with Crippen molar-refractivity contribution in [2.45, 2.75) is 0 Å². The van der Waals surface area contributed by atoms with Crippen LogP contribution < -0.4 is 22.6 Å². The fraction of sp³-hybridized carbons (Fsp3) is 0.143. The van der Waals surface area contributed by atoms with Gasteiger partial charge in [-0.05, 0) is 12.1 Å². The van der Waals surface area contributed by atoms with Crippen molar-refractivity contribution >= 4 is 11.8 Å². The molecule has 8 nitrogen and oxygen atoms in total. The van der Waals surface area contributed by atoms with Gasteiger partial charge in [0.1, 0.15) is 0 Å². The average Bonchev–Trinajstić information content (AvgIpc) is 2.45. The molecule has 0 fully saturated rings. The summed E-state index contributed by atoms with van der Waals surface area (Å²) >= 11 is 0. The molecule has 0 aliphatic rings. The number of nitrogens with two attached hydrogens (primary N) is 2. The summed E-state index contributed by atoms with van der Waals surface area (Å²) in [5.74, 6) is -1.05. The van der Waals surface area contributed by atoms with Crippen LogP contribution in [0.15, 0.2) is 46.2 Å². The second-order valence-electron chi connectivity index (χ2n) is 4.46. The largest absolute Gasteiger partial charge is 0.366 e. The smallest absolute Gasteiger partial charge is 0.250 e. The lowest BCUT2D eigenvalue weighted by Gasteiger charge is -1.97. The molecule has 0 aromatic carbocycles. The molecule has 2 amide bonds. The lowest BCUT2D eigenvalue weighted by molar-refractivity contribution is 0.0991. The SMILES string of the molecule is Cn1cc(C(N)=O)ccc1=O.Cn1cc(C(N)=O)ccc1=O. The molecule has 4 N–H and O–H groups in total. The van der Waals surface area contributed by atoms with Crippen molar-refractivity contribution in [3.05, 3.63) is 68.5 Å². The van der Waals surface area contributed by atoms with Gasteiger partial charge in [0.05, 0.1) is 11.1 Å². The number of nitrogens with zero attached hydrogens (tertiary/aromatic N) is 2. The molecular formula is C14H16N4O4. The molecule has 0 radical (unpaired) electrons. The van der Waals surface area contributed by atoms with Crippen molar-refractivity contribution in [1.29, 1.82) is 0 Å². The number of aryl methyl sites for hydroxylation is 2. The van der Waals surface area contributed by atoms with E-state index >= 15 is 0 Å². The van der Waals surface area contributed by atoms with Crippen molar-refractivity contribution in [3.63, 3.8) is 0 Å². The first kappa shape index (κ1) is 16.9. The van der Waals surface area contributed by atoms with Gasteiger partial charge in [0.25, 0.3) is 0 Å². The zero-order valence-electron chi connectivity index (χ0n) is 12.1. The van der Waals surface area contributed by atoms with Gasteiger partial charge in [-0.3, -0.25) is 19.2 Å². The van der Waals surface area contributed by atoms with E-state index in [1.807, 2.05) is 0 Å². The van der Waals surface area contributed by atoms with Crippen molar-refractivity contribution in [3.8, 4) is 0 Å². The Kier molecular flexibility index (Phi) is 5.39. The maximum atomic E-state index is 10.8. The quantitative estimate of drug-likeness (QED) is 0.734. The van der Waals surface area contributed by atoms with Crippen LogP contribution in [0.4, 0.5) is 0 Å². The second kappa shape index (κ2) is 7.02. The molecule has 2 heterocycles. The fourth-order valence-corrected chi connectivity index (χ4v) is 1.48. The Morgan fingerprint density at radius 1 is 0.773 bits per heavy atom. The van der Waals surface area contributed by atoms with Gasteiger partial charge in [0.2, 0.25) is 22.9 Å². The minimum Gasteiger partial charge on any atom is -0.366 e. The van der Waals surface area contributed by atoms with Crippen LogP contribution in [0, 0.1) is 0 Å². The maximum absolute atomic E-state index is 10.8. The predicted molar refractivity (Wildman–Crippen MR) is 80.4 cm³/mol. The van der Waals surface area contributed by atoms with E-state index in [1.54, 1.807) is 14.1 Å². The standard InChI is InChI=1S/2C7H8N2O2/c2*1-9-4-5(7(8)11)2-3-6(9)10/h2*2-4H,1H3,(H2,8,11). The highest BCUT2D eigenvalue weighted by atomic mass is 16.2. The van der Waals surface area contributed by atoms with Gasteiger partial charge in [-0.2, -0.15) is 0 Å². The molecule has 0 aliphatic carbocycles. The minimum absolute atomic E-state index is 0.157. The lowest BCUT2D eigenvalue weighted by atomic mass is 10.3. The van der Waals surface area contributed by atoms with Crippen LogP contribution in [-0.4, -0.2) is 20.9 Å². The number of pyridine rings is 2. The zero-order valence-corrected chi connectivity index (χ0v) is 12.1. The van der Waals surface area contributed by atoms with E-state index in [2.05, 4.69) is 0 Å². The Hall–Kier alpha value is -3.16. The predicted octanol–water partition coefficient (Wildman–Crippen LogP) is -1.03. The van der Waals surface area contributed by atoms with E-state index < -0.39 is 11.8 Å². The first-order chi connectivity index (χ1) is 10.2. The Labute approximate surface area is 125 Å². The van der Waals surface area contributed by atoms with Crippen LogP contribution in [0.1, 0.15) is 20.7 Å². The number of amides is 2. The first-order valence-corrected chi connectivity index (χ1v) is 6.15. The summed E-state index contributed by atoms with van der Waals surface area (Å²) in [5, 5.41) is 0. The van der Waals surface area contributed by atoms with Crippen molar-refractivity contribution in [1.82, 2.24) is 9.13 Å². The Balaban J connectivity index is 0.000000220. The van der Waals surface area contributed by atoms with Gasteiger partial charge in [0.15, 0.2) is 0 Å². The molecule has 0 atom stereocenters. The van der Waals surface area contributed by atoms with Crippen LogP contribution in [0.3, 0.4) is 0 Å². The Bertz CT molecular complexity index is 751. The van der Waals surface area contributed by atoms with Gasteiger partial charge < -0.3 is 20.6 Å². The number of hydrogen-bond acceptors (Lipinski definition) is 4. The van der Waals surface area contributed by atoms with E-state index in [9.17, 15) is 19.2 Å². The van der Waals surface area contributed by atoms with Gasteiger partial charge >= 0.3 is 0 Å². The van der Waals surface area contributed by atoms with Crippen LogP contribution in [-0.2, 0) is 14.1 Å². The summed E-state index contributed by atoms with van der Waals surface area (Å²) < 4.78 is 2.61. The number of carbonyl (C=O) groups is 2. The third-order valence-electron chi connectivity index (χ3n) is 2.74. The number of primary amides is 2. The van der Waals surface area contributed by atoms with Crippen LogP contribution in [0.2, 0.25) is 0 Å². The van der Waals surface area contributed by atoms with E-state index in [0.29, 0.717) is 11.1 Å². The summed E-state index contributed by atoms with van der Waals surface area (Å²) in [5.41, 5.74) is 10.3. The summed E-state index contributed by atoms with van der Waals surface area (Å²) in [6.07, 6.45) is 2.81. The first-order valence-electron chi connectivity index (χ1n) is 6.15. The monoisotopic (exact) mass is 304 g/mol. The summed E-state index contributed by atoms with van der Waals surface area (Å²) in [7, 11) is 3.13. The molecule has 0 saturated carbocycles. The molecule has 0 spiro atoms. The number of carbonyl (C=O) groups excluding carboxylic acids is 2.